The predicted octanol–water partition coefficient (Wildman–Crippen LogP) is 2.75. The van der Waals surface area contributed by atoms with Gasteiger partial charge in [0.05, 0.1) is 13.5 Å². The molecule has 1 unspecified atom stereocenters. The van der Waals surface area contributed by atoms with Crippen LogP contribution in [0.4, 0.5) is 9.18 Å². The second kappa shape index (κ2) is 6.76. The fourth-order valence-corrected chi connectivity index (χ4v) is 2.49. The number of methoxy groups -OCH3 is 1. The van der Waals surface area contributed by atoms with E-state index in [-0.39, 0.29) is 22.9 Å². The zero-order valence-electron chi connectivity index (χ0n) is 11.5. The van der Waals surface area contributed by atoms with E-state index in [9.17, 15) is 14.0 Å². The summed E-state index contributed by atoms with van der Waals surface area (Å²) in [6.07, 6.45) is -0.448. The molecule has 1 heterocycles. The fourth-order valence-electron chi connectivity index (χ4n) is 2.26. The van der Waals surface area contributed by atoms with Crippen molar-refractivity contribution in [1.82, 2.24) is 4.90 Å². The summed E-state index contributed by atoms with van der Waals surface area (Å²) in [5.41, 5.74) is 0.146. The molecule has 1 atom stereocenters. The van der Waals surface area contributed by atoms with E-state index in [2.05, 4.69) is 4.74 Å². The molecule has 1 aliphatic heterocycles. The summed E-state index contributed by atoms with van der Waals surface area (Å²) < 4.78 is 23.1. The molecule has 0 aliphatic carbocycles. The Kier molecular flexibility index (Phi) is 5.01. The molecule has 0 saturated carbocycles. The Bertz CT molecular complexity index is 532. The minimum absolute atomic E-state index is 0.146. The molecule has 1 aromatic rings. The van der Waals surface area contributed by atoms with Crippen LogP contribution in [0.3, 0.4) is 0 Å². The van der Waals surface area contributed by atoms with Crippen LogP contribution in [0.25, 0.3) is 0 Å². The van der Waals surface area contributed by atoms with Gasteiger partial charge in [-0.2, -0.15) is 0 Å². The first kappa shape index (κ1) is 15.6. The van der Waals surface area contributed by atoms with Gasteiger partial charge < -0.3 is 14.4 Å². The van der Waals surface area contributed by atoms with Gasteiger partial charge in [0.1, 0.15) is 5.82 Å². The molecule has 0 bridgehead atoms. The first-order valence-electron chi connectivity index (χ1n) is 6.50. The highest BCUT2D eigenvalue weighted by atomic mass is 35.5. The zero-order valence-corrected chi connectivity index (χ0v) is 12.2. The second-order valence-corrected chi connectivity index (χ2v) is 5.04. The molecule has 1 fully saturated rings. The van der Waals surface area contributed by atoms with Crippen LogP contribution >= 0.6 is 11.6 Å². The van der Waals surface area contributed by atoms with Gasteiger partial charge >= 0.3 is 6.16 Å². The van der Waals surface area contributed by atoms with E-state index in [1.54, 1.807) is 0 Å². The van der Waals surface area contributed by atoms with Crippen LogP contribution in [-0.4, -0.2) is 36.8 Å². The van der Waals surface area contributed by atoms with Crippen LogP contribution in [0.1, 0.15) is 18.4 Å². The molecule has 7 heteroatoms. The van der Waals surface area contributed by atoms with Crippen LogP contribution in [-0.2, 0) is 20.7 Å². The molecular weight excluding hydrogens is 301 g/mol. The van der Waals surface area contributed by atoms with E-state index in [1.807, 2.05) is 0 Å². The van der Waals surface area contributed by atoms with Crippen LogP contribution in [0, 0.1) is 5.82 Å². The van der Waals surface area contributed by atoms with Gasteiger partial charge in [-0.3, -0.25) is 4.79 Å². The molecule has 5 nitrogen and oxygen atoms in total. The molecule has 0 spiro atoms. The molecule has 1 aromatic carbocycles. The average Bonchev–Trinajstić information content (AvgIpc) is 2.91. The lowest BCUT2D eigenvalue weighted by Crippen LogP contribution is -2.39. The summed E-state index contributed by atoms with van der Waals surface area (Å²) in [6.45, 7) is 0.451. The summed E-state index contributed by atoms with van der Waals surface area (Å²) in [4.78, 5) is 24.8. The van der Waals surface area contributed by atoms with Gasteiger partial charge in [-0.05, 0) is 18.6 Å². The number of carbonyl (C=O) groups is 2. The highest BCUT2D eigenvalue weighted by Crippen LogP contribution is 2.24. The van der Waals surface area contributed by atoms with Gasteiger partial charge in [-0.1, -0.05) is 17.7 Å². The van der Waals surface area contributed by atoms with Crippen molar-refractivity contribution >= 4 is 23.7 Å². The topological polar surface area (TPSA) is 55.8 Å². The molecule has 0 radical (unpaired) electrons. The highest BCUT2D eigenvalue weighted by molar-refractivity contribution is 6.31. The number of hydrogen-bond acceptors (Lipinski definition) is 4. The maximum absolute atomic E-state index is 13.7. The van der Waals surface area contributed by atoms with E-state index in [0.29, 0.717) is 19.4 Å². The Hall–Kier alpha value is -1.82. The number of carbonyl (C=O) groups excluding carboxylic acids is 2. The molecule has 0 aromatic heterocycles. The Morgan fingerprint density at radius 3 is 2.90 bits per heavy atom. The maximum Gasteiger partial charge on any atom is 0.509 e. The zero-order chi connectivity index (χ0) is 15.4. The lowest BCUT2D eigenvalue weighted by Gasteiger charge is -2.24. The molecule has 114 valence electrons. The third kappa shape index (κ3) is 3.64. The van der Waals surface area contributed by atoms with E-state index in [1.165, 1.54) is 30.2 Å². The Morgan fingerprint density at radius 2 is 2.24 bits per heavy atom. The average molecular weight is 316 g/mol. The quantitative estimate of drug-likeness (QED) is 0.805. The van der Waals surface area contributed by atoms with E-state index in [0.717, 1.165) is 0 Å². The van der Waals surface area contributed by atoms with E-state index in [4.69, 9.17) is 16.3 Å². The second-order valence-electron chi connectivity index (χ2n) is 4.63. The van der Waals surface area contributed by atoms with Crippen molar-refractivity contribution in [3.8, 4) is 0 Å². The smallest absolute Gasteiger partial charge is 0.438 e. The number of hydrogen-bond donors (Lipinski definition) is 0. The van der Waals surface area contributed by atoms with Crippen molar-refractivity contribution in [2.75, 3.05) is 13.7 Å². The Morgan fingerprint density at radius 1 is 1.48 bits per heavy atom. The molecular formula is C14H15ClFNO4. The number of nitrogens with zero attached hydrogens (tertiary/aromatic N) is 1. The Labute approximate surface area is 126 Å². The van der Waals surface area contributed by atoms with Crippen molar-refractivity contribution in [1.29, 1.82) is 0 Å². The highest BCUT2D eigenvalue weighted by Gasteiger charge is 2.32. The summed E-state index contributed by atoms with van der Waals surface area (Å²) in [6, 6.07) is 4.26. The maximum atomic E-state index is 13.7. The number of ether oxygens (including phenoxy) is 2. The number of amides is 1. The number of benzene rings is 1. The third-order valence-corrected chi connectivity index (χ3v) is 3.66. The van der Waals surface area contributed by atoms with Crippen LogP contribution in [0.5, 0.6) is 0 Å². The third-order valence-electron chi connectivity index (χ3n) is 3.31. The lowest BCUT2D eigenvalue weighted by molar-refractivity contribution is -0.138. The van der Waals surface area contributed by atoms with Gasteiger partial charge in [-0.25, -0.2) is 9.18 Å². The standard InChI is InChI=1S/C14H15ClFNO4/c1-20-14(19)21-13-6-3-7-17(13)12(18)8-9-10(15)4-2-5-11(9)16/h2,4-5,13H,3,6-8H2,1H3. The van der Waals surface area contributed by atoms with Gasteiger partial charge in [0, 0.05) is 23.6 Å². The normalized spacial score (nSPS) is 17.7. The minimum atomic E-state index is -0.844. The monoisotopic (exact) mass is 315 g/mol. The number of rotatable bonds is 3. The van der Waals surface area contributed by atoms with Crippen molar-refractivity contribution in [2.45, 2.75) is 25.5 Å². The van der Waals surface area contributed by atoms with Crippen molar-refractivity contribution in [3.63, 3.8) is 0 Å². The van der Waals surface area contributed by atoms with E-state index < -0.39 is 18.2 Å². The van der Waals surface area contributed by atoms with Gasteiger partial charge in [0.15, 0.2) is 6.23 Å². The number of likely N-dealkylation sites (tertiary alicyclic amines) is 1. The lowest BCUT2D eigenvalue weighted by atomic mass is 10.1. The molecule has 1 aliphatic rings. The molecule has 0 N–H and O–H groups in total. The first-order valence-corrected chi connectivity index (χ1v) is 6.87. The summed E-state index contributed by atoms with van der Waals surface area (Å²) in [5.74, 6) is -0.867. The summed E-state index contributed by atoms with van der Waals surface area (Å²) in [7, 11) is 1.20. The van der Waals surface area contributed by atoms with Crippen molar-refractivity contribution in [3.05, 3.63) is 34.6 Å². The Balaban J connectivity index is 2.07. The van der Waals surface area contributed by atoms with E-state index >= 15 is 0 Å². The molecule has 2 rings (SSSR count). The minimum Gasteiger partial charge on any atom is -0.438 e. The van der Waals surface area contributed by atoms with Crippen LogP contribution < -0.4 is 0 Å². The first-order chi connectivity index (χ1) is 10.0. The van der Waals surface area contributed by atoms with Crippen molar-refractivity contribution in [2.24, 2.45) is 0 Å². The van der Waals surface area contributed by atoms with Gasteiger partial charge in [-0.15, -0.1) is 0 Å². The number of halogens is 2. The van der Waals surface area contributed by atoms with Crippen LogP contribution in [0.15, 0.2) is 18.2 Å². The van der Waals surface area contributed by atoms with Crippen LogP contribution in [0.2, 0.25) is 5.02 Å². The molecule has 21 heavy (non-hydrogen) atoms. The molecule has 1 amide bonds. The SMILES string of the molecule is COC(=O)OC1CCCN1C(=O)Cc1c(F)cccc1Cl. The fraction of sp³-hybridized carbons (Fsp3) is 0.429. The largest absolute Gasteiger partial charge is 0.509 e. The summed E-state index contributed by atoms with van der Waals surface area (Å²) in [5, 5.41) is 0.202. The predicted molar refractivity (Wildman–Crippen MR) is 73.3 cm³/mol. The summed E-state index contributed by atoms with van der Waals surface area (Å²) >= 11 is 5.91. The van der Waals surface area contributed by atoms with Gasteiger partial charge in [0.25, 0.3) is 0 Å². The van der Waals surface area contributed by atoms with Gasteiger partial charge in [0.2, 0.25) is 5.91 Å². The molecule has 1 saturated heterocycles. The van der Waals surface area contributed by atoms with Crippen molar-refractivity contribution < 1.29 is 23.5 Å².